The molecule has 17 heavy (non-hydrogen) atoms. The van der Waals surface area contributed by atoms with Crippen LogP contribution in [0.15, 0.2) is 18.2 Å². The minimum Gasteiger partial charge on any atom is -0.326 e. The van der Waals surface area contributed by atoms with Crippen LogP contribution in [-0.2, 0) is 0 Å². The van der Waals surface area contributed by atoms with Crippen molar-refractivity contribution >= 4 is 0 Å². The predicted molar refractivity (Wildman–Crippen MR) is 63.7 cm³/mol. The Bertz CT molecular complexity index is 442. The van der Waals surface area contributed by atoms with Gasteiger partial charge in [0, 0.05) is 12.1 Å². The smallest absolute Gasteiger partial charge is 0.140 e. The first-order chi connectivity index (χ1) is 8.13. The van der Waals surface area contributed by atoms with Crippen LogP contribution in [0, 0.1) is 17.1 Å². The molecule has 0 aromatic heterocycles. The SMILES string of the molecule is CN1CCCC(N)C1c1ccc(F)c(C#N)c1. The summed E-state index contributed by atoms with van der Waals surface area (Å²) in [7, 11) is 2.01. The summed E-state index contributed by atoms with van der Waals surface area (Å²) in [5, 5.41) is 8.84. The highest BCUT2D eigenvalue weighted by Crippen LogP contribution is 2.29. The lowest BCUT2D eigenvalue weighted by Gasteiger charge is -2.37. The maximum absolute atomic E-state index is 13.3. The van der Waals surface area contributed by atoms with Gasteiger partial charge >= 0.3 is 0 Å². The highest BCUT2D eigenvalue weighted by Gasteiger charge is 2.28. The first-order valence-electron chi connectivity index (χ1n) is 5.79. The molecule has 1 aromatic carbocycles. The zero-order valence-electron chi connectivity index (χ0n) is 9.86. The van der Waals surface area contributed by atoms with Crippen molar-refractivity contribution in [3.8, 4) is 6.07 Å². The molecule has 0 amide bonds. The fraction of sp³-hybridized carbons (Fsp3) is 0.462. The minimum absolute atomic E-state index is 0.0470. The molecule has 1 aliphatic rings. The van der Waals surface area contributed by atoms with Gasteiger partial charge in [-0.25, -0.2) is 4.39 Å². The largest absolute Gasteiger partial charge is 0.326 e. The number of hydrogen-bond acceptors (Lipinski definition) is 3. The lowest BCUT2D eigenvalue weighted by molar-refractivity contribution is 0.163. The maximum atomic E-state index is 13.3. The number of halogens is 1. The van der Waals surface area contributed by atoms with Gasteiger partial charge in [0.25, 0.3) is 0 Å². The molecule has 1 heterocycles. The second-order valence-electron chi connectivity index (χ2n) is 4.58. The molecule has 2 N–H and O–H groups in total. The van der Waals surface area contributed by atoms with Crippen LogP contribution in [0.25, 0.3) is 0 Å². The Morgan fingerprint density at radius 3 is 2.94 bits per heavy atom. The van der Waals surface area contributed by atoms with E-state index < -0.39 is 5.82 Å². The fourth-order valence-electron chi connectivity index (χ4n) is 2.51. The Morgan fingerprint density at radius 1 is 1.53 bits per heavy atom. The number of nitrogens with two attached hydrogens (primary N) is 1. The van der Waals surface area contributed by atoms with E-state index in [-0.39, 0.29) is 17.6 Å². The number of likely N-dealkylation sites (N-methyl/N-ethyl adjacent to an activating group) is 1. The van der Waals surface area contributed by atoms with Gasteiger partial charge in [-0.1, -0.05) is 6.07 Å². The van der Waals surface area contributed by atoms with Crippen molar-refractivity contribution in [2.24, 2.45) is 5.73 Å². The Hall–Kier alpha value is -1.44. The topological polar surface area (TPSA) is 53.0 Å². The van der Waals surface area contributed by atoms with Gasteiger partial charge in [0.15, 0.2) is 0 Å². The number of likely N-dealkylation sites (tertiary alicyclic amines) is 1. The van der Waals surface area contributed by atoms with Gasteiger partial charge in [-0.05, 0) is 44.1 Å². The first kappa shape index (κ1) is 12.0. The van der Waals surface area contributed by atoms with Crippen LogP contribution in [0.3, 0.4) is 0 Å². The van der Waals surface area contributed by atoms with E-state index >= 15 is 0 Å². The highest BCUT2D eigenvalue weighted by atomic mass is 19.1. The molecular weight excluding hydrogens is 217 g/mol. The third-order valence-corrected chi connectivity index (χ3v) is 3.38. The molecule has 1 aromatic rings. The molecule has 3 nitrogen and oxygen atoms in total. The molecule has 1 saturated heterocycles. The summed E-state index contributed by atoms with van der Waals surface area (Å²) in [5.74, 6) is -0.469. The third-order valence-electron chi connectivity index (χ3n) is 3.38. The second-order valence-corrected chi connectivity index (χ2v) is 4.58. The van der Waals surface area contributed by atoms with Gasteiger partial charge in [-0.3, -0.25) is 4.90 Å². The molecular formula is C13H16FN3. The van der Waals surface area contributed by atoms with Crippen molar-refractivity contribution in [3.63, 3.8) is 0 Å². The van der Waals surface area contributed by atoms with Gasteiger partial charge < -0.3 is 5.73 Å². The van der Waals surface area contributed by atoms with Crippen LogP contribution in [0.5, 0.6) is 0 Å². The molecule has 0 aliphatic carbocycles. The van der Waals surface area contributed by atoms with Crippen molar-refractivity contribution < 1.29 is 4.39 Å². The lowest BCUT2D eigenvalue weighted by atomic mass is 9.90. The summed E-state index contributed by atoms with van der Waals surface area (Å²) < 4.78 is 13.3. The molecule has 0 radical (unpaired) electrons. The molecule has 2 rings (SSSR count). The van der Waals surface area contributed by atoms with Crippen LogP contribution in [-0.4, -0.2) is 24.5 Å². The second kappa shape index (κ2) is 4.82. The molecule has 1 fully saturated rings. The average molecular weight is 233 g/mol. The first-order valence-corrected chi connectivity index (χ1v) is 5.79. The van der Waals surface area contributed by atoms with Gasteiger partial charge in [-0.2, -0.15) is 5.26 Å². The van der Waals surface area contributed by atoms with Gasteiger partial charge in [0.1, 0.15) is 11.9 Å². The summed E-state index contributed by atoms with van der Waals surface area (Å²) in [6.45, 7) is 0.984. The summed E-state index contributed by atoms with van der Waals surface area (Å²) in [6.07, 6.45) is 2.05. The van der Waals surface area contributed by atoms with Crippen LogP contribution in [0.4, 0.5) is 4.39 Å². The summed E-state index contributed by atoms with van der Waals surface area (Å²) in [4.78, 5) is 2.17. The van der Waals surface area contributed by atoms with E-state index in [1.165, 1.54) is 6.07 Å². The summed E-state index contributed by atoms with van der Waals surface area (Å²) in [6, 6.07) is 6.68. The normalized spacial score (nSPS) is 25.5. The van der Waals surface area contributed by atoms with Crippen LogP contribution >= 0.6 is 0 Å². The standard InChI is InChI=1S/C13H16FN3/c1-17-6-2-3-12(16)13(17)9-4-5-11(14)10(7-9)8-15/h4-5,7,12-13H,2-3,6,16H2,1H3. The molecule has 0 bridgehead atoms. The highest BCUT2D eigenvalue weighted by molar-refractivity contribution is 5.36. The van der Waals surface area contributed by atoms with Crippen molar-refractivity contribution in [1.29, 1.82) is 5.26 Å². The van der Waals surface area contributed by atoms with E-state index in [1.807, 2.05) is 13.1 Å². The average Bonchev–Trinajstić information content (AvgIpc) is 2.31. The Balaban J connectivity index is 2.35. The van der Waals surface area contributed by atoms with Crippen molar-refractivity contribution in [2.75, 3.05) is 13.6 Å². The zero-order valence-corrected chi connectivity index (χ0v) is 9.86. The number of nitrogens with zero attached hydrogens (tertiary/aromatic N) is 2. The lowest BCUT2D eigenvalue weighted by Crippen LogP contribution is -2.43. The molecule has 2 unspecified atom stereocenters. The Kier molecular flexibility index (Phi) is 3.41. The quantitative estimate of drug-likeness (QED) is 0.804. The minimum atomic E-state index is -0.469. The maximum Gasteiger partial charge on any atom is 0.140 e. The molecule has 1 aliphatic heterocycles. The molecule has 0 spiro atoms. The molecule has 4 heteroatoms. The number of hydrogen-bond donors (Lipinski definition) is 1. The molecule has 90 valence electrons. The van der Waals surface area contributed by atoms with E-state index in [1.54, 1.807) is 12.1 Å². The van der Waals surface area contributed by atoms with E-state index in [2.05, 4.69) is 4.90 Å². The van der Waals surface area contributed by atoms with Crippen molar-refractivity contribution in [2.45, 2.75) is 24.9 Å². The number of benzene rings is 1. The van der Waals surface area contributed by atoms with Crippen LogP contribution in [0.1, 0.15) is 30.0 Å². The van der Waals surface area contributed by atoms with E-state index in [9.17, 15) is 4.39 Å². The number of rotatable bonds is 1. The van der Waals surface area contributed by atoms with Gasteiger partial charge in [0.05, 0.1) is 5.56 Å². The van der Waals surface area contributed by atoms with Crippen LogP contribution in [0.2, 0.25) is 0 Å². The van der Waals surface area contributed by atoms with E-state index in [0.717, 1.165) is 24.9 Å². The fourth-order valence-corrected chi connectivity index (χ4v) is 2.51. The Morgan fingerprint density at radius 2 is 2.29 bits per heavy atom. The summed E-state index contributed by atoms with van der Waals surface area (Å²) in [5.41, 5.74) is 7.13. The molecule has 0 saturated carbocycles. The summed E-state index contributed by atoms with van der Waals surface area (Å²) >= 11 is 0. The predicted octanol–water partition coefficient (Wildman–Crippen LogP) is 1.79. The number of piperidine rings is 1. The number of nitriles is 1. The van der Waals surface area contributed by atoms with Crippen LogP contribution < -0.4 is 5.73 Å². The molecule has 2 atom stereocenters. The van der Waals surface area contributed by atoms with E-state index in [4.69, 9.17) is 11.0 Å². The monoisotopic (exact) mass is 233 g/mol. The van der Waals surface area contributed by atoms with Crippen molar-refractivity contribution in [3.05, 3.63) is 35.1 Å². The van der Waals surface area contributed by atoms with Gasteiger partial charge in [0.2, 0.25) is 0 Å². The van der Waals surface area contributed by atoms with Gasteiger partial charge in [-0.15, -0.1) is 0 Å². The van der Waals surface area contributed by atoms with E-state index in [0.29, 0.717) is 0 Å². The third kappa shape index (κ3) is 2.31. The van der Waals surface area contributed by atoms with Crippen molar-refractivity contribution in [1.82, 2.24) is 4.90 Å². The Labute approximate surface area is 101 Å². The zero-order chi connectivity index (χ0) is 12.4.